The van der Waals surface area contributed by atoms with E-state index in [9.17, 15) is 4.79 Å². The minimum atomic E-state index is -0.161. The molecule has 1 fully saturated rings. The second kappa shape index (κ2) is 6.68. The third-order valence-electron chi connectivity index (χ3n) is 5.03. The van der Waals surface area contributed by atoms with Crippen LogP contribution in [0.2, 0.25) is 0 Å². The molecule has 0 bridgehead atoms. The van der Waals surface area contributed by atoms with Gasteiger partial charge in [0.15, 0.2) is 0 Å². The first-order valence-corrected chi connectivity index (χ1v) is 8.77. The van der Waals surface area contributed by atoms with Crippen molar-refractivity contribution in [3.63, 3.8) is 0 Å². The van der Waals surface area contributed by atoms with Crippen molar-refractivity contribution < 1.29 is 9.53 Å². The molecule has 4 rings (SSSR count). The van der Waals surface area contributed by atoms with E-state index in [1.165, 1.54) is 5.56 Å². The van der Waals surface area contributed by atoms with Crippen molar-refractivity contribution in [2.24, 2.45) is 0 Å². The number of carbonyl (C=O) groups is 1. The second-order valence-corrected chi connectivity index (χ2v) is 6.65. The molecule has 1 aliphatic heterocycles. The van der Waals surface area contributed by atoms with Crippen LogP contribution < -0.4 is 9.64 Å². The topological polar surface area (TPSA) is 29.5 Å². The Morgan fingerprint density at radius 1 is 0.808 bits per heavy atom. The lowest BCUT2D eigenvalue weighted by Crippen LogP contribution is -2.53. The van der Waals surface area contributed by atoms with E-state index in [0.717, 1.165) is 22.6 Å². The van der Waals surface area contributed by atoms with Gasteiger partial charge in [0.1, 0.15) is 5.75 Å². The SMILES string of the molecule is COc1ccc([C@H]2[C@H](c3ccccc3)C(=O)N2c2ccc(C)cc2)cc1. The minimum absolute atomic E-state index is 0.0153. The summed E-state index contributed by atoms with van der Waals surface area (Å²) >= 11 is 0. The lowest BCUT2D eigenvalue weighted by molar-refractivity contribution is -0.126. The molecule has 3 aromatic rings. The first kappa shape index (κ1) is 16.4. The molecule has 1 saturated heterocycles. The Balaban J connectivity index is 1.75. The zero-order valence-electron chi connectivity index (χ0n) is 14.9. The summed E-state index contributed by atoms with van der Waals surface area (Å²) in [5.41, 5.74) is 4.29. The number of methoxy groups -OCH3 is 1. The Labute approximate surface area is 153 Å². The zero-order valence-corrected chi connectivity index (χ0v) is 14.9. The van der Waals surface area contributed by atoms with Crippen LogP contribution in [0.5, 0.6) is 5.75 Å². The molecule has 0 saturated carbocycles. The number of nitrogens with zero attached hydrogens (tertiary/aromatic N) is 1. The number of hydrogen-bond acceptors (Lipinski definition) is 2. The summed E-state index contributed by atoms with van der Waals surface area (Å²) in [6, 6.07) is 26.1. The van der Waals surface area contributed by atoms with E-state index in [4.69, 9.17) is 4.74 Å². The molecule has 130 valence electrons. The number of anilines is 1. The number of rotatable bonds is 4. The highest BCUT2D eigenvalue weighted by Gasteiger charge is 2.49. The van der Waals surface area contributed by atoms with Gasteiger partial charge in [-0.05, 0) is 42.3 Å². The largest absolute Gasteiger partial charge is 0.497 e. The van der Waals surface area contributed by atoms with Gasteiger partial charge >= 0.3 is 0 Å². The molecule has 1 amide bonds. The predicted octanol–water partition coefficient (Wildman–Crippen LogP) is 4.88. The lowest BCUT2D eigenvalue weighted by Gasteiger charge is -2.47. The number of ether oxygens (including phenoxy) is 1. The van der Waals surface area contributed by atoms with E-state index in [2.05, 4.69) is 6.92 Å². The highest BCUT2D eigenvalue weighted by Crippen LogP contribution is 2.49. The van der Waals surface area contributed by atoms with Crippen LogP contribution in [0.15, 0.2) is 78.9 Å². The van der Waals surface area contributed by atoms with Gasteiger partial charge in [0.05, 0.1) is 19.1 Å². The van der Waals surface area contributed by atoms with Crippen LogP contribution in [0.25, 0.3) is 0 Å². The van der Waals surface area contributed by atoms with Crippen LogP contribution in [0.3, 0.4) is 0 Å². The zero-order chi connectivity index (χ0) is 18.1. The third-order valence-corrected chi connectivity index (χ3v) is 5.03. The minimum Gasteiger partial charge on any atom is -0.497 e. The van der Waals surface area contributed by atoms with Gasteiger partial charge in [-0.25, -0.2) is 0 Å². The predicted molar refractivity (Wildman–Crippen MR) is 104 cm³/mol. The Bertz CT molecular complexity index is 901. The average Bonchev–Trinajstić information content (AvgIpc) is 2.69. The molecule has 3 heteroatoms. The average molecular weight is 343 g/mol. The van der Waals surface area contributed by atoms with E-state index >= 15 is 0 Å². The van der Waals surface area contributed by atoms with Gasteiger partial charge in [-0.3, -0.25) is 4.79 Å². The molecule has 0 N–H and O–H groups in total. The third kappa shape index (κ3) is 2.76. The monoisotopic (exact) mass is 343 g/mol. The number of hydrogen-bond donors (Lipinski definition) is 0. The van der Waals surface area contributed by atoms with Crippen LogP contribution in [-0.4, -0.2) is 13.0 Å². The fourth-order valence-electron chi connectivity index (χ4n) is 3.61. The molecule has 0 spiro atoms. The van der Waals surface area contributed by atoms with E-state index < -0.39 is 0 Å². The van der Waals surface area contributed by atoms with Gasteiger partial charge in [0.25, 0.3) is 0 Å². The number of carbonyl (C=O) groups excluding carboxylic acids is 1. The molecular weight excluding hydrogens is 322 g/mol. The molecule has 0 radical (unpaired) electrons. The van der Waals surface area contributed by atoms with Crippen molar-refractivity contribution in [2.45, 2.75) is 18.9 Å². The fraction of sp³-hybridized carbons (Fsp3) is 0.174. The first-order chi connectivity index (χ1) is 12.7. The number of benzene rings is 3. The molecule has 2 atom stereocenters. The van der Waals surface area contributed by atoms with Crippen LogP contribution >= 0.6 is 0 Å². The fourth-order valence-corrected chi connectivity index (χ4v) is 3.61. The van der Waals surface area contributed by atoms with Crippen LogP contribution in [0.1, 0.15) is 28.7 Å². The van der Waals surface area contributed by atoms with Crippen molar-refractivity contribution >= 4 is 11.6 Å². The Morgan fingerprint density at radius 2 is 1.46 bits per heavy atom. The number of aryl methyl sites for hydroxylation is 1. The van der Waals surface area contributed by atoms with Crippen LogP contribution in [0.4, 0.5) is 5.69 Å². The summed E-state index contributed by atoms with van der Waals surface area (Å²) in [6.07, 6.45) is 0. The van der Waals surface area contributed by atoms with Gasteiger partial charge in [-0.1, -0.05) is 60.2 Å². The molecule has 0 aliphatic carbocycles. The highest BCUT2D eigenvalue weighted by atomic mass is 16.5. The maximum atomic E-state index is 13.1. The molecule has 1 heterocycles. The van der Waals surface area contributed by atoms with Gasteiger partial charge in [0, 0.05) is 5.69 Å². The van der Waals surface area contributed by atoms with E-state index in [1.807, 2.05) is 83.8 Å². The highest BCUT2D eigenvalue weighted by molar-refractivity contribution is 6.06. The summed E-state index contributed by atoms with van der Waals surface area (Å²) < 4.78 is 5.28. The van der Waals surface area contributed by atoms with E-state index in [0.29, 0.717) is 0 Å². The Hall–Kier alpha value is -3.07. The van der Waals surface area contributed by atoms with Gasteiger partial charge in [-0.2, -0.15) is 0 Å². The maximum absolute atomic E-state index is 13.1. The molecule has 26 heavy (non-hydrogen) atoms. The van der Waals surface area contributed by atoms with Crippen molar-refractivity contribution in [2.75, 3.05) is 12.0 Å². The van der Waals surface area contributed by atoms with Crippen molar-refractivity contribution in [1.29, 1.82) is 0 Å². The smallest absolute Gasteiger partial charge is 0.237 e. The summed E-state index contributed by atoms with van der Waals surface area (Å²) in [5.74, 6) is 0.796. The van der Waals surface area contributed by atoms with Crippen LogP contribution in [-0.2, 0) is 4.79 Å². The van der Waals surface area contributed by atoms with Gasteiger partial charge < -0.3 is 9.64 Å². The summed E-state index contributed by atoms with van der Waals surface area (Å²) in [6.45, 7) is 2.05. The molecular formula is C23H21NO2. The Kier molecular flexibility index (Phi) is 4.21. The summed E-state index contributed by atoms with van der Waals surface area (Å²) in [4.78, 5) is 15.0. The quantitative estimate of drug-likeness (QED) is 0.632. The summed E-state index contributed by atoms with van der Waals surface area (Å²) in [5, 5.41) is 0. The van der Waals surface area contributed by atoms with Crippen molar-refractivity contribution in [3.05, 3.63) is 95.6 Å². The Morgan fingerprint density at radius 3 is 2.08 bits per heavy atom. The molecule has 3 aromatic carbocycles. The molecule has 3 nitrogen and oxygen atoms in total. The number of amides is 1. The first-order valence-electron chi connectivity index (χ1n) is 8.77. The van der Waals surface area contributed by atoms with Gasteiger partial charge in [0.2, 0.25) is 5.91 Å². The van der Waals surface area contributed by atoms with Crippen molar-refractivity contribution in [3.8, 4) is 5.75 Å². The maximum Gasteiger partial charge on any atom is 0.237 e. The van der Waals surface area contributed by atoms with Crippen LogP contribution in [0, 0.1) is 6.92 Å². The standard InChI is InChI=1S/C23H21NO2/c1-16-8-12-19(13-9-16)24-22(18-10-14-20(26-2)15-11-18)21(23(24)25)17-6-4-3-5-7-17/h3-15,21-22H,1-2H3/t21-,22-/m0/s1. The van der Waals surface area contributed by atoms with Crippen molar-refractivity contribution in [1.82, 2.24) is 0 Å². The molecule has 0 unspecified atom stereocenters. The lowest BCUT2D eigenvalue weighted by atomic mass is 9.77. The van der Waals surface area contributed by atoms with Gasteiger partial charge in [-0.15, -0.1) is 0 Å². The molecule has 1 aliphatic rings. The second-order valence-electron chi connectivity index (χ2n) is 6.65. The normalized spacial score (nSPS) is 19.2. The summed E-state index contributed by atoms with van der Waals surface area (Å²) in [7, 11) is 1.66. The van der Waals surface area contributed by atoms with E-state index in [1.54, 1.807) is 7.11 Å². The van der Waals surface area contributed by atoms with E-state index in [-0.39, 0.29) is 17.9 Å². The number of β-lactam (4-membered cyclic amide) rings is 1. The molecule has 0 aromatic heterocycles.